The molecule has 0 aliphatic heterocycles. The maximum atomic E-state index is 5.90. The molecule has 0 spiro atoms. The molecule has 0 saturated carbocycles. The fourth-order valence-electron chi connectivity index (χ4n) is 0.931. The lowest BCUT2D eigenvalue weighted by molar-refractivity contribution is -0.643. The largest absolute Gasteiger partial charge is 0.345 e. The molecule has 0 aliphatic rings. The topological polar surface area (TPSA) is 16.6 Å². The highest BCUT2D eigenvalue weighted by Gasteiger charge is 2.04. The third kappa shape index (κ3) is 2.09. The van der Waals surface area contributed by atoms with Crippen molar-refractivity contribution in [1.82, 2.24) is 0 Å². The Labute approximate surface area is 76.3 Å². The molecular formula is C8H10Cl2N+. The van der Waals surface area contributed by atoms with Crippen molar-refractivity contribution >= 4 is 23.2 Å². The molecule has 0 heterocycles. The van der Waals surface area contributed by atoms with Crippen LogP contribution >= 0.6 is 23.2 Å². The molecule has 60 valence electrons. The van der Waals surface area contributed by atoms with Crippen molar-refractivity contribution in [3.8, 4) is 0 Å². The van der Waals surface area contributed by atoms with Crippen LogP contribution in [0.15, 0.2) is 18.2 Å². The third-order valence-corrected chi connectivity index (χ3v) is 2.18. The van der Waals surface area contributed by atoms with Crippen molar-refractivity contribution in [2.45, 2.75) is 6.54 Å². The molecule has 0 amide bonds. The Bertz CT molecular complexity index is 228. The van der Waals surface area contributed by atoms with Gasteiger partial charge in [-0.15, -0.1) is 0 Å². The standard InChI is InChI=1S/C8H9Cl2N/c1-11-5-6-7(9)3-2-4-8(6)10/h2-4,11H,5H2,1H3/p+1. The van der Waals surface area contributed by atoms with Gasteiger partial charge in [0.15, 0.2) is 0 Å². The molecular weight excluding hydrogens is 181 g/mol. The zero-order valence-electron chi connectivity index (χ0n) is 6.27. The molecule has 0 fully saturated rings. The van der Waals surface area contributed by atoms with Crippen LogP contribution in [0.4, 0.5) is 0 Å². The first kappa shape index (κ1) is 8.85. The molecule has 1 aromatic rings. The van der Waals surface area contributed by atoms with Crippen LogP contribution in [0.25, 0.3) is 0 Å². The minimum absolute atomic E-state index is 0.746. The first-order chi connectivity index (χ1) is 5.25. The Balaban J connectivity index is 3.00. The average molecular weight is 191 g/mol. The van der Waals surface area contributed by atoms with Crippen LogP contribution < -0.4 is 5.32 Å². The molecule has 0 aromatic heterocycles. The van der Waals surface area contributed by atoms with E-state index in [4.69, 9.17) is 23.2 Å². The maximum Gasteiger partial charge on any atom is 0.104 e. The Hall–Kier alpha value is -0.240. The highest BCUT2D eigenvalue weighted by atomic mass is 35.5. The van der Waals surface area contributed by atoms with Gasteiger partial charge < -0.3 is 5.32 Å². The van der Waals surface area contributed by atoms with Crippen LogP contribution in [0.3, 0.4) is 0 Å². The summed E-state index contributed by atoms with van der Waals surface area (Å²) in [5.74, 6) is 0. The summed E-state index contributed by atoms with van der Waals surface area (Å²) in [4.78, 5) is 0. The van der Waals surface area contributed by atoms with Gasteiger partial charge in [-0.3, -0.25) is 0 Å². The van der Waals surface area contributed by atoms with Crippen LogP contribution in [0.5, 0.6) is 0 Å². The smallest absolute Gasteiger partial charge is 0.104 e. The molecule has 0 saturated heterocycles. The Morgan fingerprint density at radius 2 is 1.82 bits per heavy atom. The lowest BCUT2D eigenvalue weighted by Crippen LogP contribution is -2.77. The summed E-state index contributed by atoms with van der Waals surface area (Å²) in [5.41, 5.74) is 1.01. The second-order valence-electron chi connectivity index (χ2n) is 2.31. The predicted molar refractivity (Wildman–Crippen MR) is 48.0 cm³/mol. The van der Waals surface area contributed by atoms with Gasteiger partial charge in [-0.05, 0) is 12.1 Å². The predicted octanol–water partition coefficient (Wildman–Crippen LogP) is 1.69. The summed E-state index contributed by atoms with van der Waals surface area (Å²) >= 11 is 11.8. The monoisotopic (exact) mass is 190 g/mol. The van der Waals surface area contributed by atoms with Crippen LogP contribution in [-0.2, 0) is 6.54 Å². The molecule has 1 nitrogen and oxygen atoms in total. The van der Waals surface area contributed by atoms with Crippen LogP contribution in [0.1, 0.15) is 5.56 Å². The Morgan fingerprint density at radius 1 is 1.27 bits per heavy atom. The molecule has 2 N–H and O–H groups in total. The molecule has 0 unspecified atom stereocenters. The minimum atomic E-state index is 0.746. The van der Waals surface area contributed by atoms with Gasteiger partial charge in [0, 0.05) is 5.56 Å². The van der Waals surface area contributed by atoms with Crippen LogP contribution in [0.2, 0.25) is 10.0 Å². The van der Waals surface area contributed by atoms with Crippen molar-refractivity contribution in [2.24, 2.45) is 0 Å². The normalized spacial score (nSPS) is 10.1. The van der Waals surface area contributed by atoms with Gasteiger partial charge in [-0.25, -0.2) is 0 Å². The molecule has 1 rings (SSSR count). The number of rotatable bonds is 2. The fraction of sp³-hybridized carbons (Fsp3) is 0.250. The second-order valence-corrected chi connectivity index (χ2v) is 3.13. The number of hydrogen-bond acceptors (Lipinski definition) is 0. The lowest BCUT2D eigenvalue weighted by atomic mass is 10.2. The minimum Gasteiger partial charge on any atom is -0.345 e. The van der Waals surface area contributed by atoms with Crippen LogP contribution in [0, 0.1) is 0 Å². The first-order valence-corrected chi connectivity index (χ1v) is 4.22. The van der Waals surface area contributed by atoms with E-state index in [1.165, 1.54) is 0 Å². The van der Waals surface area contributed by atoms with Gasteiger partial charge in [-0.2, -0.15) is 0 Å². The van der Waals surface area contributed by atoms with Gasteiger partial charge in [0.1, 0.15) is 6.54 Å². The van der Waals surface area contributed by atoms with E-state index >= 15 is 0 Å². The van der Waals surface area contributed by atoms with E-state index in [0.29, 0.717) is 0 Å². The molecule has 11 heavy (non-hydrogen) atoms. The molecule has 0 radical (unpaired) electrons. The average Bonchev–Trinajstić information content (AvgIpc) is 1.97. The summed E-state index contributed by atoms with van der Waals surface area (Å²) in [7, 11) is 1.99. The van der Waals surface area contributed by atoms with Crippen molar-refractivity contribution in [3.05, 3.63) is 33.8 Å². The first-order valence-electron chi connectivity index (χ1n) is 3.46. The summed E-state index contributed by atoms with van der Waals surface area (Å²) in [6.45, 7) is 0.832. The van der Waals surface area contributed by atoms with Crippen LogP contribution in [-0.4, -0.2) is 7.05 Å². The van der Waals surface area contributed by atoms with Crippen molar-refractivity contribution in [3.63, 3.8) is 0 Å². The van der Waals surface area contributed by atoms with E-state index in [2.05, 4.69) is 0 Å². The number of quaternary nitrogens is 1. The van der Waals surface area contributed by atoms with Gasteiger partial charge in [0.05, 0.1) is 17.1 Å². The summed E-state index contributed by atoms with van der Waals surface area (Å²) in [6, 6.07) is 5.56. The Kier molecular flexibility index (Phi) is 3.18. The summed E-state index contributed by atoms with van der Waals surface area (Å²) in [6.07, 6.45) is 0. The van der Waals surface area contributed by atoms with Gasteiger partial charge in [-0.1, -0.05) is 29.3 Å². The van der Waals surface area contributed by atoms with Crippen molar-refractivity contribution in [2.75, 3.05) is 7.05 Å². The quantitative estimate of drug-likeness (QED) is 0.732. The van der Waals surface area contributed by atoms with E-state index in [0.717, 1.165) is 22.2 Å². The SMILES string of the molecule is C[NH2+]Cc1c(Cl)cccc1Cl. The number of halogens is 2. The van der Waals surface area contributed by atoms with E-state index in [-0.39, 0.29) is 0 Å². The fourth-order valence-corrected chi connectivity index (χ4v) is 1.48. The number of benzene rings is 1. The molecule has 0 aliphatic carbocycles. The lowest BCUT2D eigenvalue weighted by Gasteiger charge is -2.02. The van der Waals surface area contributed by atoms with E-state index < -0.39 is 0 Å². The van der Waals surface area contributed by atoms with E-state index in [1.807, 2.05) is 30.6 Å². The van der Waals surface area contributed by atoms with Gasteiger partial charge in [0.2, 0.25) is 0 Å². The summed E-state index contributed by atoms with van der Waals surface area (Å²) < 4.78 is 0. The highest BCUT2D eigenvalue weighted by Crippen LogP contribution is 2.22. The Morgan fingerprint density at radius 3 is 2.27 bits per heavy atom. The van der Waals surface area contributed by atoms with Crippen molar-refractivity contribution < 1.29 is 5.32 Å². The highest BCUT2D eigenvalue weighted by molar-refractivity contribution is 6.35. The van der Waals surface area contributed by atoms with Gasteiger partial charge >= 0.3 is 0 Å². The van der Waals surface area contributed by atoms with Gasteiger partial charge in [0.25, 0.3) is 0 Å². The molecule has 1 aromatic carbocycles. The van der Waals surface area contributed by atoms with E-state index in [1.54, 1.807) is 0 Å². The molecule has 3 heteroatoms. The van der Waals surface area contributed by atoms with E-state index in [9.17, 15) is 0 Å². The maximum absolute atomic E-state index is 5.90. The summed E-state index contributed by atoms with van der Waals surface area (Å²) in [5, 5.41) is 3.53. The molecule has 0 bridgehead atoms. The molecule has 0 atom stereocenters. The third-order valence-electron chi connectivity index (χ3n) is 1.47. The second kappa shape index (κ2) is 3.96. The number of hydrogen-bond donors (Lipinski definition) is 1. The zero-order chi connectivity index (χ0) is 8.27. The number of nitrogens with two attached hydrogens (primary N) is 1. The zero-order valence-corrected chi connectivity index (χ0v) is 7.78. The van der Waals surface area contributed by atoms with Crippen molar-refractivity contribution in [1.29, 1.82) is 0 Å².